The molecule has 1 fully saturated rings. The van der Waals surface area contributed by atoms with Crippen molar-refractivity contribution in [2.75, 3.05) is 11.1 Å². The first-order chi connectivity index (χ1) is 6.85. The number of nitrogens with zero attached hydrogens (tertiary/aromatic N) is 1. The van der Waals surface area contributed by atoms with Gasteiger partial charge < -0.3 is 0 Å². The molecule has 0 unspecified atom stereocenters. The Kier molecular flexibility index (Phi) is 3.50. The molecule has 1 aromatic heterocycles. The lowest BCUT2D eigenvalue weighted by atomic mass is 9.72. The molecule has 0 spiro atoms. The molecule has 0 N–H and O–H groups in total. The Hall–Kier alpha value is -0.0200. The molecule has 1 saturated carbocycles. The number of hydrogen-bond donors (Lipinski definition) is 0. The maximum Gasteiger partial charge on any atom is 0.0959 e. The monoisotopic (exact) mass is 271 g/mol. The highest BCUT2D eigenvalue weighted by atomic mass is 79.9. The van der Waals surface area contributed by atoms with Crippen molar-refractivity contribution in [2.24, 2.45) is 5.41 Å². The van der Waals surface area contributed by atoms with Gasteiger partial charge in [0.05, 0.1) is 5.03 Å². The van der Waals surface area contributed by atoms with Gasteiger partial charge in [-0.15, -0.1) is 11.8 Å². The fraction of sp³-hybridized carbons (Fsp3) is 0.545. The summed E-state index contributed by atoms with van der Waals surface area (Å²) in [5.41, 5.74) is 0.558. The number of rotatable bonds is 4. The summed E-state index contributed by atoms with van der Waals surface area (Å²) in [6.45, 7) is 0. The average Bonchev–Trinajstić information content (AvgIpc) is 2.19. The van der Waals surface area contributed by atoms with Gasteiger partial charge in [0.25, 0.3) is 0 Å². The third-order valence-corrected chi connectivity index (χ3v) is 5.35. The van der Waals surface area contributed by atoms with Crippen molar-refractivity contribution in [1.29, 1.82) is 0 Å². The van der Waals surface area contributed by atoms with Gasteiger partial charge in [-0.25, -0.2) is 4.98 Å². The molecular weight excluding hydrogens is 258 g/mol. The van der Waals surface area contributed by atoms with E-state index < -0.39 is 0 Å². The van der Waals surface area contributed by atoms with Gasteiger partial charge in [0.1, 0.15) is 0 Å². The molecule has 1 aliphatic rings. The Morgan fingerprint density at radius 3 is 2.79 bits per heavy atom. The van der Waals surface area contributed by atoms with E-state index >= 15 is 0 Å². The largest absolute Gasteiger partial charge is 0.250 e. The molecule has 76 valence electrons. The molecule has 1 aliphatic carbocycles. The predicted octanol–water partition coefficient (Wildman–Crippen LogP) is 3.74. The lowest BCUT2D eigenvalue weighted by molar-refractivity contribution is 0.206. The summed E-state index contributed by atoms with van der Waals surface area (Å²) >= 11 is 5.51. The lowest BCUT2D eigenvalue weighted by Crippen LogP contribution is -2.33. The molecule has 0 aliphatic heterocycles. The highest BCUT2D eigenvalue weighted by Gasteiger charge is 2.35. The van der Waals surface area contributed by atoms with E-state index in [1.807, 2.05) is 24.0 Å². The second-order valence-electron chi connectivity index (χ2n) is 3.94. The first-order valence-corrected chi connectivity index (χ1v) is 7.05. The summed E-state index contributed by atoms with van der Waals surface area (Å²) in [6.07, 6.45) is 6.01. The van der Waals surface area contributed by atoms with Crippen molar-refractivity contribution < 1.29 is 0 Å². The second kappa shape index (κ2) is 4.67. The van der Waals surface area contributed by atoms with Gasteiger partial charge in [-0.05, 0) is 30.4 Å². The van der Waals surface area contributed by atoms with Crippen LogP contribution in [-0.4, -0.2) is 16.1 Å². The van der Waals surface area contributed by atoms with Crippen LogP contribution >= 0.6 is 27.7 Å². The van der Waals surface area contributed by atoms with E-state index in [1.165, 1.54) is 25.0 Å². The number of alkyl halides is 1. The van der Waals surface area contributed by atoms with Crippen LogP contribution in [0.15, 0.2) is 29.4 Å². The van der Waals surface area contributed by atoms with Crippen molar-refractivity contribution in [3.8, 4) is 0 Å². The van der Waals surface area contributed by atoms with Crippen LogP contribution in [0.5, 0.6) is 0 Å². The summed E-state index contributed by atoms with van der Waals surface area (Å²) in [6, 6.07) is 6.11. The first-order valence-electron chi connectivity index (χ1n) is 4.94. The Balaban J connectivity index is 1.88. The third-order valence-electron chi connectivity index (χ3n) is 2.86. The minimum Gasteiger partial charge on any atom is -0.250 e. The van der Waals surface area contributed by atoms with E-state index in [2.05, 4.69) is 33.0 Å². The molecule has 0 amide bonds. The van der Waals surface area contributed by atoms with Crippen LogP contribution in [-0.2, 0) is 0 Å². The molecule has 0 radical (unpaired) electrons. The van der Waals surface area contributed by atoms with Crippen LogP contribution in [0, 0.1) is 5.41 Å². The van der Waals surface area contributed by atoms with Crippen molar-refractivity contribution >= 4 is 27.7 Å². The molecule has 0 saturated heterocycles. The number of aromatic nitrogens is 1. The minimum absolute atomic E-state index is 0.558. The number of halogens is 1. The van der Waals surface area contributed by atoms with Crippen LogP contribution in [0.4, 0.5) is 0 Å². The van der Waals surface area contributed by atoms with Gasteiger partial charge in [0.15, 0.2) is 0 Å². The molecule has 0 aromatic carbocycles. The fourth-order valence-corrected chi connectivity index (χ4v) is 3.83. The predicted molar refractivity (Wildman–Crippen MR) is 65.0 cm³/mol. The van der Waals surface area contributed by atoms with E-state index in [4.69, 9.17) is 0 Å². The van der Waals surface area contributed by atoms with Gasteiger partial charge >= 0.3 is 0 Å². The minimum atomic E-state index is 0.558. The summed E-state index contributed by atoms with van der Waals surface area (Å²) in [5.74, 6) is 1.20. The highest BCUT2D eigenvalue weighted by molar-refractivity contribution is 9.09. The quantitative estimate of drug-likeness (QED) is 0.611. The van der Waals surface area contributed by atoms with Gasteiger partial charge in [-0.1, -0.05) is 28.4 Å². The van der Waals surface area contributed by atoms with E-state index in [9.17, 15) is 0 Å². The van der Waals surface area contributed by atoms with Crippen molar-refractivity contribution in [3.63, 3.8) is 0 Å². The molecule has 2 rings (SSSR count). The highest BCUT2D eigenvalue weighted by Crippen LogP contribution is 2.45. The maximum atomic E-state index is 4.32. The van der Waals surface area contributed by atoms with Crippen molar-refractivity contribution in [3.05, 3.63) is 24.4 Å². The van der Waals surface area contributed by atoms with E-state index in [0.29, 0.717) is 5.41 Å². The van der Waals surface area contributed by atoms with Gasteiger partial charge in [-0.2, -0.15) is 0 Å². The number of hydrogen-bond acceptors (Lipinski definition) is 2. The fourth-order valence-electron chi connectivity index (χ4n) is 1.65. The smallest absolute Gasteiger partial charge is 0.0959 e. The van der Waals surface area contributed by atoms with Crippen LogP contribution in [0.3, 0.4) is 0 Å². The Morgan fingerprint density at radius 1 is 1.43 bits per heavy atom. The maximum absolute atomic E-state index is 4.32. The average molecular weight is 272 g/mol. The van der Waals surface area contributed by atoms with Crippen LogP contribution in [0.2, 0.25) is 0 Å². The number of pyridine rings is 1. The van der Waals surface area contributed by atoms with Crippen molar-refractivity contribution in [1.82, 2.24) is 4.98 Å². The van der Waals surface area contributed by atoms with Crippen molar-refractivity contribution in [2.45, 2.75) is 24.3 Å². The lowest BCUT2D eigenvalue weighted by Gasteiger charge is -2.40. The topological polar surface area (TPSA) is 12.9 Å². The molecule has 0 bridgehead atoms. The van der Waals surface area contributed by atoms with E-state index in [0.717, 1.165) is 10.4 Å². The Bertz CT molecular complexity index is 279. The van der Waals surface area contributed by atoms with Gasteiger partial charge in [0, 0.05) is 17.3 Å². The summed E-state index contributed by atoms with van der Waals surface area (Å²) in [4.78, 5) is 4.32. The Labute approximate surface area is 97.8 Å². The molecule has 14 heavy (non-hydrogen) atoms. The number of thioether (sulfide) groups is 1. The van der Waals surface area contributed by atoms with Crippen LogP contribution < -0.4 is 0 Å². The van der Waals surface area contributed by atoms with Crippen LogP contribution in [0.1, 0.15) is 19.3 Å². The van der Waals surface area contributed by atoms with E-state index in [-0.39, 0.29) is 0 Å². The SMILES string of the molecule is BrCC1(CSc2ccccn2)CCC1. The zero-order valence-corrected chi connectivity index (χ0v) is 10.5. The zero-order valence-electron chi connectivity index (χ0n) is 8.08. The van der Waals surface area contributed by atoms with Crippen LogP contribution in [0.25, 0.3) is 0 Å². The summed E-state index contributed by atoms with van der Waals surface area (Å²) < 4.78 is 0. The Morgan fingerprint density at radius 2 is 2.29 bits per heavy atom. The summed E-state index contributed by atoms with van der Waals surface area (Å²) in [5, 5.41) is 2.29. The van der Waals surface area contributed by atoms with Gasteiger partial charge in [-0.3, -0.25) is 0 Å². The standard InChI is InChI=1S/C11H14BrNS/c12-8-11(5-3-6-11)9-14-10-4-1-2-7-13-10/h1-2,4,7H,3,5-6,8-9H2. The second-order valence-corrected chi connectivity index (χ2v) is 5.50. The molecule has 1 nitrogen and oxygen atoms in total. The van der Waals surface area contributed by atoms with Gasteiger partial charge in [0.2, 0.25) is 0 Å². The third kappa shape index (κ3) is 2.31. The van der Waals surface area contributed by atoms with E-state index in [1.54, 1.807) is 0 Å². The normalized spacial score (nSPS) is 18.9. The molecular formula is C11H14BrNS. The molecule has 3 heteroatoms. The first kappa shape index (κ1) is 10.5. The zero-order chi connectivity index (χ0) is 9.86. The molecule has 1 heterocycles. The molecule has 0 atom stereocenters. The molecule has 1 aromatic rings. The summed E-state index contributed by atoms with van der Waals surface area (Å²) in [7, 11) is 0.